The summed E-state index contributed by atoms with van der Waals surface area (Å²) in [6.07, 6.45) is 1.64. The van der Waals surface area contributed by atoms with Crippen LogP contribution >= 0.6 is 0 Å². The quantitative estimate of drug-likeness (QED) is 0.574. The number of aliphatic hydroxyl groups excluding tert-OH is 1. The fourth-order valence-electron chi connectivity index (χ4n) is 0.619. The van der Waals surface area contributed by atoms with E-state index >= 15 is 0 Å². The number of aryl methyl sites for hydroxylation is 1. The molecule has 0 aliphatic rings. The van der Waals surface area contributed by atoms with Crippen LogP contribution in [0.3, 0.4) is 0 Å². The molecule has 1 heterocycles. The highest BCUT2D eigenvalue weighted by Gasteiger charge is 1.88. The van der Waals surface area contributed by atoms with E-state index in [1.807, 2.05) is 6.92 Å². The Kier molecular flexibility index (Phi) is 7.15. The third kappa shape index (κ3) is 3.79. The van der Waals surface area contributed by atoms with E-state index in [1.54, 1.807) is 6.20 Å². The lowest BCUT2D eigenvalue weighted by Gasteiger charge is -1.76. The van der Waals surface area contributed by atoms with Crippen molar-refractivity contribution in [3.63, 3.8) is 0 Å². The van der Waals surface area contributed by atoms with Gasteiger partial charge in [0.1, 0.15) is 18.1 Å². The lowest BCUT2D eigenvalue weighted by Crippen LogP contribution is -1.76. The van der Waals surface area contributed by atoms with Crippen molar-refractivity contribution in [3.8, 4) is 11.8 Å². The van der Waals surface area contributed by atoms with Crippen LogP contribution in [0.1, 0.15) is 26.4 Å². The first kappa shape index (κ1) is 13.3. The molecule has 0 fully saturated rings. The highest BCUT2D eigenvalue weighted by molar-refractivity contribution is 5.25. The molecule has 0 aliphatic heterocycles. The van der Waals surface area contributed by atoms with Gasteiger partial charge >= 0.3 is 0 Å². The summed E-state index contributed by atoms with van der Waals surface area (Å²) in [4.78, 5) is 6.84. The second kappa shape index (κ2) is 6.44. The number of imidazole rings is 1. The van der Waals surface area contributed by atoms with Crippen molar-refractivity contribution in [2.24, 2.45) is 0 Å². The van der Waals surface area contributed by atoms with Gasteiger partial charge in [-0.1, -0.05) is 20.8 Å². The molecule has 0 atom stereocenters. The first-order chi connectivity index (χ1) is 4.83. The van der Waals surface area contributed by atoms with E-state index in [0.717, 1.165) is 11.5 Å². The Morgan fingerprint density at radius 1 is 1.58 bits per heavy atom. The molecule has 3 nitrogen and oxygen atoms in total. The maximum atomic E-state index is 8.33. The molecule has 1 rings (SSSR count). The molecule has 0 unspecified atom stereocenters. The fraction of sp³-hybridized carbons (Fsp3) is 0.444. The molecule has 1 aromatic heterocycles. The van der Waals surface area contributed by atoms with Gasteiger partial charge in [-0.15, -0.1) is 0 Å². The van der Waals surface area contributed by atoms with Gasteiger partial charge in [0.15, 0.2) is 0 Å². The van der Waals surface area contributed by atoms with E-state index in [-0.39, 0.29) is 21.5 Å². The number of aromatic amines is 1. The fourth-order valence-corrected chi connectivity index (χ4v) is 0.619. The standard InChI is InChI=1S/C7H8N2O.2CH4/c1-6-8-5-7(9-6)3-2-4-10;;/h5,10H,4H2,1H3,(H,8,9);2*1H4. The number of nitrogens with one attached hydrogen (secondary N) is 1. The van der Waals surface area contributed by atoms with Gasteiger partial charge in [-0.25, -0.2) is 4.98 Å². The normalized spacial score (nSPS) is 7.17. The van der Waals surface area contributed by atoms with E-state index in [0.29, 0.717) is 0 Å². The van der Waals surface area contributed by atoms with Crippen LogP contribution in [0.15, 0.2) is 6.20 Å². The Labute approximate surface area is 73.9 Å². The Bertz CT molecular complexity index is 268. The minimum Gasteiger partial charge on any atom is -0.384 e. The summed E-state index contributed by atoms with van der Waals surface area (Å²) < 4.78 is 0. The van der Waals surface area contributed by atoms with Gasteiger partial charge < -0.3 is 10.1 Å². The van der Waals surface area contributed by atoms with Gasteiger partial charge in [-0.3, -0.25) is 0 Å². The van der Waals surface area contributed by atoms with E-state index in [4.69, 9.17) is 5.11 Å². The van der Waals surface area contributed by atoms with Crippen LogP contribution in [0.5, 0.6) is 0 Å². The monoisotopic (exact) mass is 168 g/mol. The zero-order valence-corrected chi connectivity index (χ0v) is 5.68. The average Bonchev–Trinajstić information content (AvgIpc) is 2.31. The van der Waals surface area contributed by atoms with Crippen LogP contribution in [0.2, 0.25) is 0 Å². The van der Waals surface area contributed by atoms with Gasteiger partial charge in [-0.05, 0) is 12.8 Å². The highest BCUT2D eigenvalue weighted by atomic mass is 16.2. The first-order valence-corrected chi connectivity index (χ1v) is 2.94. The van der Waals surface area contributed by atoms with Gasteiger partial charge in [0.2, 0.25) is 0 Å². The molecular weight excluding hydrogens is 152 g/mol. The number of H-pyrrole nitrogens is 1. The summed E-state index contributed by atoms with van der Waals surface area (Å²) >= 11 is 0. The predicted octanol–water partition coefficient (Wildman–Crippen LogP) is 1.33. The molecule has 68 valence electrons. The minimum atomic E-state index is -0.113. The Morgan fingerprint density at radius 3 is 2.67 bits per heavy atom. The summed E-state index contributed by atoms with van der Waals surface area (Å²) in [5.74, 6) is 6.04. The molecule has 0 spiro atoms. The number of hydrogen-bond donors (Lipinski definition) is 2. The van der Waals surface area contributed by atoms with Crippen molar-refractivity contribution in [1.29, 1.82) is 0 Å². The molecule has 0 amide bonds. The Hall–Kier alpha value is -1.27. The number of nitrogens with zero attached hydrogens (tertiary/aromatic N) is 1. The molecule has 12 heavy (non-hydrogen) atoms. The molecule has 0 bridgehead atoms. The van der Waals surface area contributed by atoms with E-state index in [9.17, 15) is 0 Å². The zero-order chi connectivity index (χ0) is 7.40. The minimum absolute atomic E-state index is 0. The van der Waals surface area contributed by atoms with Crippen molar-refractivity contribution in [3.05, 3.63) is 17.7 Å². The average molecular weight is 168 g/mol. The van der Waals surface area contributed by atoms with E-state index in [2.05, 4.69) is 21.8 Å². The maximum absolute atomic E-state index is 8.33. The molecule has 3 heteroatoms. The number of rotatable bonds is 0. The number of hydrogen-bond acceptors (Lipinski definition) is 2. The topological polar surface area (TPSA) is 48.9 Å². The van der Waals surface area contributed by atoms with E-state index < -0.39 is 0 Å². The Balaban J connectivity index is 0. The van der Waals surface area contributed by atoms with Gasteiger partial charge in [-0.2, -0.15) is 0 Å². The lowest BCUT2D eigenvalue weighted by atomic mass is 10.5. The van der Waals surface area contributed by atoms with Crippen LogP contribution in [-0.4, -0.2) is 21.7 Å². The zero-order valence-electron chi connectivity index (χ0n) is 5.68. The molecule has 0 saturated carbocycles. The van der Waals surface area contributed by atoms with Crippen molar-refractivity contribution in [2.45, 2.75) is 21.8 Å². The maximum Gasteiger partial charge on any atom is 0.109 e. The number of aliphatic hydroxyl groups is 1. The second-order valence-corrected chi connectivity index (χ2v) is 1.84. The summed E-state index contributed by atoms with van der Waals surface area (Å²) in [6.45, 7) is 1.74. The van der Waals surface area contributed by atoms with Gasteiger partial charge in [0.05, 0.1) is 6.20 Å². The molecule has 0 aliphatic carbocycles. The van der Waals surface area contributed by atoms with Gasteiger partial charge in [0, 0.05) is 0 Å². The highest BCUT2D eigenvalue weighted by Crippen LogP contribution is 1.91. The van der Waals surface area contributed by atoms with Crippen molar-refractivity contribution in [1.82, 2.24) is 9.97 Å². The van der Waals surface area contributed by atoms with Crippen LogP contribution in [0.25, 0.3) is 0 Å². The van der Waals surface area contributed by atoms with Crippen molar-refractivity contribution < 1.29 is 5.11 Å². The molecule has 2 N–H and O–H groups in total. The first-order valence-electron chi connectivity index (χ1n) is 2.94. The van der Waals surface area contributed by atoms with Crippen molar-refractivity contribution >= 4 is 0 Å². The predicted molar refractivity (Wildman–Crippen MR) is 50.8 cm³/mol. The van der Waals surface area contributed by atoms with Crippen LogP contribution in [0, 0.1) is 18.8 Å². The summed E-state index contributed by atoms with van der Waals surface area (Å²) in [5.41, 5.74) is 0.742. The lowest BCUT2D eigenvalue weighted by molar-refractivity contribution is 0.350. The van der Waals surface area contributed by atoms with E-state index in [1.165, 1.54) is 0 Å². The largest absolute Gasteiger partial charge is 0.384 e. The smallest absolute Gasteiger partial charge is 0.109 e. The molecular formula is C9H16N2O. The van der Waals surface area contributed by atoms with Crippen molar-refractivity contribution in [2.75, 3.05) is 6.61 Å². The Morgan fingerprint density at radius 2 is 2.25 bits per heavy atom. The molecule has 0 saturated heterocycles. The SMILES string of the molecule is C.C.Cc1ncc(C#CCO)[nH]1. The summed E-state index contributed by atoms with van der Waals surface area (Å²) in [5, 5.41) is 8.33. The number of aromatic nitrogens is 2. The van der Waals surface area contributed by atoms with Crippen LogP contribution in [0.4, 0.5) is 0 Å². The summed E-state index contributed by atoms with van der Waals surface area (Å²) in [6, 6.07) is 0. The molecule has 1 aromatic rings. The third-order valence-corrected chi connectivity index (χ3v) is 1.00. The third-order valence-electron chi connectivity index (χ3n) is 1.00. The van der Waals surface area contributed by atoms with Gasteiger partial charge in [0.25, 0.3) is 0 Å². The van der Waals surface area contributed by atoms with Crippen LogP contribution in [-0.2, 0) is 0 Å². The second-order valence-electron chi connectivity index (χ2n) is 1.84. The molecule has 0 radical (unpaired) electrons. The molecule has 0 aromatic carbocycles. The summed E-state index contributed by atoms with van der Waals surface area (Å²) in [7, 11) is 0. The van der Waals surface area contributed by atoms with Crippen LogP contribution < -0.4 is 0 Å².